The Labute approximate surface area is 119 Å². The molecule has 20 heavy (non-hydrogen) atoms. The molecule has 0 radical (unpaired) electrons. The fourth-order valence-electron chi connectivity index (χ4n) is 2.26. The number of carbonyl (C=O) groups is 1. The summed E-state index contributed by atoms with van der Waals surface area (Å²) in [4.78, 5) is 14.5. The standard InChI is InChI=1S/C15H22N4O/c1-4-6-9-18(8-5-2)15(20)13-7-10-19-12(3)16-17-14(19)11-13/h7,10-11H,4-6,8-9H2,1-3H3. The molecule has 1 amide bonds. The minimum atomic E-state index is 0.0865. The van der Waals surface area contributed by atoms with Gasteiger partial charge in [-0.15, -0.1) is 10.2 Å². The SMILES string of the molecule is CCCCN(CCC)C(=O)c1ccn2c(C)nnc2c1. The second kappa shape index (κ2) is 6.50. The van der Waals surface area contributed by atoms with E-state index in [0.717, 1.165) is 43.8 Å². The van der Waals surface area contributed by atoms with Gasteiger partial charge in [-0.3, -0.25) is 9.20 Å². The van der Waals surface area contributed by atoms with E-state index in [0.29, 0.717) is 5.56 Å². The molecule has 0 bridgehead atoms. The van der Waals surface area contributed by atoms with Crippen molar-refractivity contribution in [3.8, 4) is 0 Å². The van der Waals surface area contributed by atoms with Crippen LogP contribution >= 0.6 is 0 Å². The molecule has 2 aromatic rings. The van der Waals surface area contributed by atoms with E-state index in [1.807, 2.05) is 34.6 Å². The van der Waals surface area contributed by atoms with Gasteiger partial charge in [0.05, 0.1) is 0 Å². The molecule has 0 atom stereocenters. The highest BCUT2D eigenvalue weighted by atomic mass is 16.2. The minimum absolute atomic E-state index is 0.0865. The molecule has 0 unspecified atom stereocenters. The monoisotopic (exact) mass is 274 g/mol. The highest BCUT2D eigenvalue weighted by Crippen LogP contribution is 2.11. The van der Waals surface area contributed by atoms with Crippen LogP contribution in [0.15, 0.2) is 18.3 Å². The number of hydrogen-bond acceptors (Lipinski definition) is 3. The Hall–Kier alpha value is -1.91. The average Bonchev–Trinajstić information content (AvgIpc) is 2.83. The van der Waals surface area contributed by atoms with E-state index in [2.05, 4.69) is 24.0 Å². The van der Waals surface area contributed by atoms with Crippen LogP contribution in [0.4, 0.5) is 0 Å². The number of aromatic nitrogens is 3. The van der Waals surface area contributed by atoms with Gasteiger partial charge in [-0.25, -0.2) is 0 Å². The Balaban J connectivity index is 2.23. The summed E-state index contributed by atoms with van der Waals surface area (Å²) >= 11 is 0. The molecule has 0 aliphatic heterocycles. The molecule has 0 N–H and O–H groups in total. The highest BCUT2D eigenvalue weighted by Gasteiger charge is 2.15. The van der Waals surface area contributed by atoms with Gasteiger partial charge in [0, 0.05) is 24.8 Å². The summed E-state index contributed by atoms with van der Waals surface area (Å²) in [5, 5.41) is 8.09. The van der Waals surface area contributed by atoms with Gasteiger partial charge in [0.2, 0.25) is 0 Å². The molecule has 5 nitrogen and oxygen atoms in total. The predicted molar refractivity (Wildman–Crippen MR) is 78.8 cm³/mol. The molecule has 5 heteroatoms. The third kappa shape index (κ3) is 2.98. The summed E-state index contributed by atoms with van der Waals surface area (Å²) in [7, 11) is 0. The van der Waals surface area contributed by atoms with Gasteiger partial charge < -0.3 is 4.90 Å². The van der Waals surface area contributed by atoms with Crippen LogP contribution in [0.25, 0.3) is 5.65 Å². The third-order valence-electron chi connectivity index (χ3n) is 3.39. The number of amides is 1. The van der Waals surface area contributed by atoms with Crippen molar-refractivity contribution < 1.29 is 4.79 Å². The molecule has 0 aliphatic rings. The summed E-state index contributed by atoms with van der Waals surface area (Å²) in [6.45, 7) is 7.75. The van der Waals surface area contributed by atoms with Crippen molar-refractivity contribution in [1.82, 2.24) is 19.5 Å². The first-order valence-corrected chi connectivity index (χ1v) is 7.28. The molecule has 108 valence electrons. The first-order valence-electron chi connectivity index (χ1n) is 7.28. The highest BCUT2D eigenvalue weighted by molar-refractivity contribution is 5.95. The number of rotatable bonds is 6. The topological polar surface area (TPSA) is 50.5 Å². The largest absolute Gasteiger partial charge is 0.339 e. The maximum Gasteiger partial charge on any atom is 0.254 e. The number of fused-ring (bicyclic) bond motifs is 1. The Morgan fingerprint density at radius 2 is 2.05 bits per heavy atom. The molecule has 2 heterocycles. The summed E-state index contributed by atoms with van der Waals surface area (Å²) in [6.07, 6.45) is 4.97. The summed E-state index contributed by atoms with van der Waals surface area (Å²) in [6, 6.07) is 3.66. The van der Waals surface area contributed by atoms with Crippen molar-refractivity contribution in [2.75, 3.05) is 13.1 Å². The summed E-state index contributed by atoms with van der Waals surface area (Å²) < 4.78 is 1.88. The van der Waals surface area contributed by atoms with Gasteiger partial charge >= 0.3 is 0 Å². The molecule has 0 aromatic carbocycles. The van der Waals surface area contributed by atoms with E-state index in [9.17, 15) is 4.79 Å². The second-order valence-electron chi connectivity index (χ2n) is 5.04. The molecule has 0 aliphatic carbocycles. The molecule has 0 saturated heterocycles. The maximum absolute atomic E-state index is 12.6. The Bertz CT molecular complexity index is 591. The van der Waals surface area contributed by atoms with Crippen LogP contribution in [0, 0.1) is 6.92 Å². The minimum Gasteiger partial charge on any atom is -0.339 e. The van der Waals surface area contributed by atoms with Crippen molar-refractivity contribution in [3.05, 3.63) is 29.7 Å². The van der Waals surface area contributed by atoms with Gasteiger partial charge in [-0.2, -0.15) is 0 Å². The van der Waals surface area contributed by atoms with E-state index < -0.39 is 0 Å². The number of nitrogens with zero attached hydrogens (tertiary/aromatic N) is 4. The van der Waals surface area contributed by atoms with Crippen LogP contribution in [0.1, 0.15) is 49.3 Å². The summed E-state index contributed by atoms with van der Waals surface area (Å²) in [5.74, 6) is 0.916. The normalized spacial score (nSPS) is 10.9. The Morgan fingerprint density at radius 1 is 1.25 bits per heavy atom. The smallest absolute Gasteiger partial charge is 0.254 e. The predicted octanol–water partition coefficient (Wildman–Crippen LogP) is 2.69. The van der Waals surface area contributed by atoms with Crippen LogP contribution in [0.3, 0.4) is 0 Å². The van der Waals surface area contributed by atoms with Crippen LogP contribution in [0.5, 0.6) is 0 Å². The zero-order valence-corrected chi connectivity index (χ0v) is 12.5. The lowest BCUT2D eigenvalue weighted by molar-refractivity contribution is 0.0753. The number of carbonyl (C=O) groups excluding carboxylic acids is 1. The summed E-state index contributed by atoms with van der Waals surface area (Å²) in [5.41, 5.74) is 1.41. The molecular formula is C15H22N4O. The van der Waals surface area contributed by atoms with Gasteiger partial charge in [0.15, 0.2) is 5.65 Å². The lowest BCUT2D eigenvalue weighted by Gasteiger charge is -2.22. The van der Waals surface area contributed by atoms with E-state index in [4.69, 9.17) is 0 Å². The molecule has 0 saturated carbocycles. The number of hydrogen-bond donors (Lipinski definition) is 0. The van der Waals surface area contributed by atoms with Crippen LogP contribution in [-0.2, 0) is 0 Å². The third-order valence-corrected chi connectivity index (χ3v) is 3.39. The van der Waals surface area contributed by atoms with Crippen molar-refractivity contribution in [2.24, 2.45) is 0 Å². The Morgan fingerprint density at radius 3 is 2.75 bits per heavy atom. The van der Waals surface area contributed by atoms with Crippen molar-refractivity contribution in [3.63, 3.8) is 0 Å². The van der Waals surface area contributed by atoms with Crippen LogP contribution in [-0.4, -0.2) is 38.5 Å². The van der Waals surface area contributed by atoms with E-state index in [-0.39, 0.29) is 5.91 Å². The van der Waals surface area contributed by atoms with Crippen LogP contribution < -0.4 is 0 Å². The van der Waals surface area contributed by atoms with E-state index in [1.54, 1.807) is 0 Å². The molecule has 2 rings (SSSR count). The average molecular weight is 274 g/mol. The van der Waals surface area contributed by atoms with E-state index >= 15 is 0 Å². The van der Waals surface area contributed by atoms with Crippen molar-refractivity contribution in [1.29, 1.82) is 0 Å². The number of unbranched alkanes of at least 4 members (excludes halogenated alkanes) is 1. The van der Waals surface area contributed by atoms with Crippen molar-refractivity contribution in [2.45, 2.75) is 40.0 Å². The van der Waals surface area contributed by atoms with Crippen LogP contribution in [0.2, 0.25) is 0 Å². The number of aryl methyl sites for hydroxylation is 1. The van der Waals surface area contributed by atoms with Gasteiger partial charge in [-0.05, 0) is 31.9 Å². The molecule has 2 aromatic heterocycles. The molecular weight excluding hydrogens is 252 g/mol. The maximum atomic E-state index is 12.6. The first-order chi connectivity index (χ1) is 9.67. The second-order valence-corrected chi connectivity index (χ2v) is 5.04. The molecule has 0 fully saturated rings. The van der Waals surface area contributed by atoms with Crippen molar-refractivity contribution >= 4 is 11.6 Å². The zero-order valence-electron chi connectivity index (χ0n) is 12.5. The van der Waals surface area contributed by atoms with E-state index in [1.165, 1.54) is 0 Å². The number of pyridine rings is 1. The quantitative estimate of drug-likeness (QED) is 0.813. The van der Waals surface area contributed by atoms with Gasteiger partial charge in [0.25, 0.3) is 5.91 Å². The zero-order chi connectivity index (χ0) is 14.5. The first kappa shape index (κ1) is 14.5. The Kier molecular flexibility index (Phi) is 4.71. The fraction of sp³-hybridized carbons (Fsp3) is 0.533. The molecule has 0 spiro atoms. The lowest BCUT2D eigenvalue weighted by atomic mass is 10.2. The van der Waals surface area contributed by atoms with Gasteiger partial charge in [0.1, 0.15) is 5.82 Å². The van der Waals surface area contributed by atoms with Gasteiger partial charge in [-0.1, -0.05) is 20.3 Å². The lowest BCUT2D eigenvalue weighted by Crippen LogP contribution is -2.32. The fourth-order valence-corrected chi connectivity index (χ4v) is 2.26.